The van der Waals surface area contributed by atoms with Crippen LogP contribution in [-0.4, -0.2) is 12.1 Å². The quantitative estimate of drug-likeness (QED) is 0.833. The summed E-state index contributed by atoms with van der Waals surface area (Å²) in [4.78, 5) is 0. The third-order valence-corrected chi connectivity index (χ3v) is 3.79. The second-order valence-electron chi connectivity index (χ2n) is 6.07. The summed E-state index contributed by atoms with van der Waals surface area (Å²) >= 11 is 0. The molecule has 1 aromatic carbocycles. The van der Waals surface area contributed by atoms with Gasteiger partial charge >= 0.3 is 0 Å². The maximum Gasteiger partial charge on any atom is 0.0224 e. The second-order valence-corrected chi connectivity index (χ2v) is 6.07. The molecule has 1 saturated heterocycles. The molecule has 1 heterocycles. The molecule has 1 N–H and O–H groups in total. The van der Waals surface area contributed by atoms with E-state index in [-0.39, 0.29) is 0 Å². The van der Waals surface area contributed by atoms with Gasteiger partial charge in [-0.1, -0.05) is 43.7 Å². The monoisotopic (exact) mass is 231 g/mol. The fourth-order valence-corrected chi connectivity index (χ4v) is 3.14. The molecule has 0 amide bonds. The van der Waals surface area contributed by atoms with Crippen molar-refractivity contribution in [3.05, 3.63) is 35.4 Å². The summed E-state index contributed by atoms with van der Waals surface area (Å²) in [5, 5.41) is 3.76. The van der Waals surface area contributed by atoms with Gasteiger partial charge in [0.2, 0.25) is 0 Å². The molecule has 1 fully saturated rings. The van der Waals surface area contributed by atoms with Crippen molar-refractivity contribution in [2.24, 2.45) is 5.92 Å². The zero-order valence-corrected chi connectivity index (χ0v) is 11.4. The zero-order chi connectivity index (χ0) is 12.3. The summed E-state index contributed by atoms with van der Waals surface area (Å²) in [5.74, 6) is 0.769. The highest BCUT2D eigenvalue weighted by atomic mass is 15.0. The Labute approximate surface area is 106 Å². The van der Waals surface area contributed by atoms with Gasteiger partial charge in [-0.05, 0) is 50.6 Å². The van der Waals surface area contributed by atoms with Gasteiger partial charge < -0.3 is 5.32 Å². The zero-order valence-electron chi connectivity index (χ0n) is 11.4. The van der Waals surface area contributed by atoms with Crippen LogP contribution in [0.5, 0.6) is 0 Å². The van der Waals surface area contributed by atoms with Crippen molar-refractivity contribution in [3.63, 3.8) is 0 Å². The number of benzene rings is 1. The van der Waals surface area contributed by atoms with Crippen molar-refractivity contribution >= 4 is 0 Å². The van der Waals surface area contributed by atoms with Crippen LogP contribution in [-0.2, 0) is 6.42 Å². The molecule has 0 aliphatic carbocycles. The predicted octanol–water partition coefficient (Wildman–Crippen LogP) is 3.71. The van der Waals surface area contributed by atoms with E-state index in [9.17, 15) is 0 Å². The molecule has 94 valence electrons. The lowest BCUT2D eigenvalue weighted by Gasteiger charge is -2.31. The summed E-state index contributed by atoms with van der Waals surface area (Å²) in [7, 11) is 0. The lowest BCUT2D eigenvalue weighted by molar-refractivity contribution is 0.301. The minimum absolute atomic E-state index is 0.365. The molecule has 1 atom stereocenters. The van der Waals surface area contributed by atoms with Crippen molar-refractivity contribution in [1.82, 2.24) is 5.32 Å². The van der Waals surface area contributed by atoms with Crippen molar-refractivity contribution in [2.45, 2.75) is 52.0 Å². The highest BCUT2D eigenvalue weighted by Gasteiger charge is 2.33. The van der Waals surface area contributed by atoms with Gasteiger partial charge in [0.15, 0.2) is 0 Å². The first-order valence-corrected chi connectivity index (χ1v) is 6.90. The van der Waals surface area contributed by atoms with Gasteiger partial charge in [0.05, 0.1) is 0 Å². The molecule has 1 nitrogen and oxygen atoms in total. The fourth-order valence-electron chi connectivity index (χ4n) is 3.14. The van der Waals surface area contributed by atoms with E-state index in [2.05, 4.69) is 50.4 Å². The number of rotatable bonds is 4. The van der Waals surface area contributed by atoms with Crippen LogP contribution in [0.2, 0.25) is 0 Å². The lowest BCUT2D eigenvalue weighted by atomic mass is 9.82. The van der Waals surface area contributed by atoms with Crippen LogP contribution >= 0.6 is 0 Å². The Hall–Kier alpha value is -0.820. The van der Waals surface area contributed by atoms with E-state index in [1.165, 1.54) is 43.4 Å². The Morgan fingerprint density at radius 2 is 1.94 bits per heavy atom. The Morgan fingerprint density at radius 1 is 1.24 bits per heavy atom. The maximum atomic E-state index is 3.76. The Bertz CT molecular complexity index is 344. The first kappa shape index (κ1) is 12.6. The first-order chi connectivity index (χ1) is 8.10. The summed E-state index contributed by atoms with van der Waals surface area (Å²) in [6.07, 6.45) is 5.14. The minimum Gasteiger partial charge on any atom is -0.311 e. The lowest BCUT2D eigenvalue weighted by Crippen LogP contribution is -2.43. The van der Waals surface area contributed by atoms with E-state index < -0.39 is 0 Å². The molecule has 1 aromatic rings. The third kappa shape index (κ3) is 3.32. The van der Waals surface area contributed by atoms with Crippen molar-refractivity contribution in [3.8, 4) is 0 Å². The molecule has 1 heteroatoms. The van der Waals surface area contributed by atoms with E-state index in [0.29, 0.717) is 5.54 Å². The van der Waals surface area contributed by atoms with Gasteiger partial charge in [-0.15, -0.1) is 0 Å². The topological polar surface area (TPSA) is 12.0 Å². The van der Waals surface area contributed by atoms with Gasteiger partial charge in [-0.25, -0.2) is 0 Å². The molecule has 2 rings (SSSR count). The van der Waals surface area contributed by atoms with Crippen LogP contribution in [0.15, 0.2) is 24.3 Å². The molecular formula is C16H25N. The van der Waals surface area contributed by atoms with Gasteiger partial charge in [-0.3, -0.25) is 0 Å². The summed E-state index contributed by atoms with van der Waals surface area (Å²) in [6, 6.07) is 9.04. The molecule has 1 unspecified atom stereocenters. The van der Waals surface area contributed by atoms with Crippen LogP contribution in [0.25, 0.3) is 0 Å². The van der Waals surface area contributed by atoms with E-state index in [1.54, 1.807) is 0 Å². The number of hydrogen-bond acceptors (Lipinski definition) is 1. The van der Waals surface area contributed by atoms with Crippen molar-refractivity contribution < 1.29 is 0 Å². The van der Waals surface area contributed by atoms with Crippen LogP contribution in [0, 0.1) is 12.8 Å². The largest absolute Gasteiger partial charge is 0.311 e. The Kier molecular flexibility index (Phi) is 3.88. The smallest absolute Gasteiger partial charge is 0.0224 e. The predicted molar refractivity (Wildman–Crippen MR) is 74.3 cm³/mol. The van der Waals surface area contributed by atoms with Crippen LogP contribution in [0.4, 0.5) is 0 Å². The SMILES string of the molecule is Cc1ccc(CC2(CC(C)C)CCCN2)cc1. The molecule has 0 aromatic heterocycles. The van der Waals surface area contributed by atoms with Crippen molar-refractivity contribution in [1.29, 1.82) is 0 Å². The second kappa shape index (κ2) is 5.22. The van der Waals surface area contributed by atoms with E-state index in [0.717, 1.165) is 5.92 Å². The fraction of sp³-hybridized carbons (Fsp3) is 0.625. The average Bonchev–Trinajstić information content (AvgIpc) is 2.69. The summed E-state index contributed by atoms with van der Waals surface area (Å²) < 4.78 is 0. The highest BCUT2D eigenvalue weighted by Crippen LogP contribution is 2.30. The van der Waals surface area contributed by atoms with Crippen LogP contribution in [0.3, 0.4) is 0 Å². The normalized spacial score (nSPS) is 24.5. The molecule has 0 spiro atoms. The Morgan fingerprint density at radius 3 is 2.47 bits per heavy atom. The van der Waals surface area contributed by atoms with Gasteiger partial charge in [-0.2, -0.15) is 0 Å². The van der Waals surface area contributed by atoms with E-state index >= 15 is 0 Å². The molecule has 1 aliphatic rings. The maximum absolute atomic E-state index is 3.76. The van der Waals surface area contributed by atoms with E-state index in [4.69, 9.17) is 0 Å². The van der Waals surface area contributed by atoms with E-state index in [1.807, 2.05) is 0 Å². The summed E-state index contributed by atoms with van der Waals surface area (Å²) in [5.41, 5.74) is 3.19. The number of nitrogens with one attached hydrogen (secondary N) is 1. The van der Waals surface area contributed by atoms with Crippen LogP contribution < -0.4 is 5.32 Å². The Balaban J connectivity index is 2.09. The minimum atomic E-state index is 0.365. The van der Waals surface area contributed by atoms with Gasteiger partial charge in [0.25, 0.3) is 0 Å². The first-order valence-electron chi connectivity index (χ1n) is 6.90. The van der Waals surface area contributed by atoms with Crippen LogP contribution in [0.1, 0.15) is 44.2 Å². The average molecular weight is 231 g/mol. The molecular weight excluding hydrogens is 206 g/mol. The highest BCUT2D eigenvalue weighted by molar-refractivity contribution is 5.23. The molecule has 17 heavy (non-hydrogen) atoms. The molecule has 1 aliphatic heterocycles. The molecule has 0 radical (unpaired) electrons. The molecule has 0 saturated carbocycles. The molecule has 0 bridgehead atoms. The van der Waals surface area contributed by atoms with Gasteiger partial charge in [0.1, 0.15) is 0 Å². The number of aryl methyl sites for hydroxylation is 1. The van der Waals surface area contributed by atoms with Gasteiger partial charge in [0, 0.05) is 5.54 Å². The third-order valence-electron chi connectivity index (χ3n) is 3.79. The number of hydrogen-bond donors (Lipinski definition) is 1. The standard InChI is InChI=1S/C16H25N/c1-13(2)11-16(9-4-10-17-16)12-15-7-5-14(3)6-8-15/h5-8,13,17H,4,9-12H2,1-3H3. The van der Waals surface area contributed by atoms with Crippen molar-refractivity contribution in [2.75, 3.05) is 6.54 Å². The summed E-state index contributed by atoms with van der Waals surface area (Å²) in [6.45, 7) is 8.01.